The first-order valence-electron chi connectivity index (χ1n) is 8.60. The molecule has 0 aliphatic carbocycles. The lowest BCUT2D eigenvalue weighted by Gasteiger charge is -2.14. The van der Waals surface area contributed by atoms with Gasteiger partial charge in [-0.3, -0.25) is 4.79 Å². The van der Waals surface area contributed by atoms with Crippen LogP contribution in [0.15, 0.2) is 33.9 Å². The summed E-state index contributed by atoms with van der Waals surface area (Å²) in [5.41, 5.74) is 0.756. The summed E-state index contributed by atoms with van der Waals surface area (Å²) in [6, 6.07) is 6.96. The molecule has 1 amide bonds. The molecule has 0 radical (unpaired) electrons. The first kappa shape index (κ1) is 19.7. The van der Waals surface area contributed by atoms with E-state index in [0.29, 0.717) is 18.9 Å². The van der Waals surface area contributed by atoms with Crippen molar-refractivity contribution < 1.29 is 22.4 Å². The molecule has 1 aromatic heterocycles. The second kappa shape index (κ2) is 8.30. The standard InChI is InChI=1S/C17H21N3O5S2/c1-3-24-14-6-4-12(5-7-14)16-19-20-17(25-16)26-11(2)15(21)18-13-8-9-27(22,23)10-13/h4-7,11,13H,3,8-10H2,1-2H3,(H,18,21)/t11-,13+/m0/s1. The molecule has 1 saturated heterocycles. The van der Waals surface area contributed by atoms with Crippen LogP contribution in [0.2, 0.25) is 0 Å². The lowest BCUT2D eigenvalue weighted by atomic mass is 10.2. The largest absolute Gasteiger partial charge is 0.494 e. The highest BCUT2D eigenvalue weighted by Crippen LogP contribution is 2.27. The molecule has 1 aromatic carbocycles. The quantitative estimate of drug-likeness (QED) is 0.688. The Morgan fingerprint density at radius 2 is 2.11 bits per heavy atom. The fraction of sp³-hybridized carbons (Fsp3) is 0.471. The maximum absolute atomic E-state index is 12.3. The lowest BCUT2D eigenvalue weighted by molar-refractivity contribution is -0.120. The highest BCUT2D eigenvalue weighted by Gasteiger charge is 2.30. The van der Waals surface area contributed by atoms with Crippen LogP contribution in [0.1, 0.15) is 20.3 Å². The Bertz CT molecular complexity index is 896. The summed E-state index contributed by atoms with van der Waals surface area (Å²) >= 11 is 1.14. The Morgan fingerprint density at radius 3 is 2.74 bits per heavy atom. The van der Waals surface area contributed by atoms with E-state index in [1.807, 2.05) is 31.2 Å². The Balaban J connectivity index is 1.57. The molecule has 8 nitrogen and oxygen atoms in total. The van der Waals surface area contributed by atoms with Gasteiger partial charge in [-0.1, -0.05) is 11.8 Å². The van der Waals surface area contributed by atoms with Crippen LogP contribution in [-0.4, -0.2) is 53.9 Å². The molecule has 0 bridgehead atoms. The predicted molar refractivity (Wildman–Crippen MR) is 101 cm³/mol. The Labute approximate surface area is 162 Å². The second-order valence-corrected chi connectivity index (χ2v) is 9.72. The van der Waals surface area contributed by atoms with Gasteiger partial charge in [-0.15, -0.1) is 10.2 Å². The van der Waals surface area contributed by atoms with Crippen molar-refractivity contribution in [3.8, 4) is 17.2 Å². The van der Waals surface area contributed by atoms with Gasteiger partial charge in [-0.25, -0.2) is 8.42 Å². The number of benzene rings is 1. The van der Waals surface area contributed by atoms with E-state index >= 15 is 0 Å². The number of ether oxygens (including phenoxy) is 1. The number of nitrogens with zero attached hydrogens (tertiary/aromatic N) is 2. The average Bonchev–Trinajstić information content (AvgIpc) is 3.22. The van der Waals surface area contributed by atoms with E-state index in [1.165, 1.54) is 0 Å². The number of amides is 1. The van der Waals surface area contributed by atoms with Crippen LogP contribution in [0.5, 0.6) is 5.75 Å². The number of thioether (sulfide) groups is 1. The molecule has 1 N–H and O–H groups in total. The molecule has 146 valence electrons. The molecule has 1 aliphatic heterocycles. The fourth-order valence-corrected chi connectivity index (χ4v) is 5.03. The third-order valence-corrected chi connectivity index (χ3v) is 6.75. The summed E-state index contributed by atoms with van der Waals surface area (Å²) in [5, 5.41) is 10.5. The molecule has 10 heteroatoms. The van der Waals surface area contributed by atoms with Crippen LogP contribution in [0.25, 0.3) is 11.5 Å². The number of nitrogens with one attached hydrogen (secondary N) is 1. The van der Waals surface area contributed by atoms with Crippen molar-refractivity contribution in [2.24, 2.45) is 0 Å². The minimum absolute atomic E-state index is 0.00142. The highest BCUT2D eigenvalue weighted by molar-refractivity contribution is 8.00. The number of carbonyl (C=O) groups is 1. The fourth-order valence-electron chi connectivity index (χ4n) is 2.67. The molecule has 3 rings (SSSR count). The number of rotatable bonds is 7. The van der Waals surface area contributed by atoms with Gasteiger partial charge < -0.3 is 14.5 Å². The monoisotopic (exact) mass is 411 g/mol. The molecule has 0 unspecified atom stereocenters. The Hall–Kier alpha value is -2.07. The minimum atomic E-state index is -3.03. The number of sulfone groups is 1. The zero-order valence-corrected chi connectivity index (χ0v) is 16.7. The molecule has 1 aliphatic rings. The molecule has 0 saturated carbocycles. The van der Waals surface area contributed by atoms with Crippen LogP contribution in [0.3, 0.4) is 0 Å². The third-order valence-electron chi connectivity index (χ3n) is 4.04. The van der Waals surface area contributed by atoms with Crippen LogP contribution >= 0.6 is 11.8 Å². The highest BCUT2D eigenvalue weighted by atomic mass is 32.2. The minimum Gasteiger partial charge on any atom is -0.494 e. The second-order valence-electron chi connectivity index (χ2n) is 6.20. The zero-order valence-electron chi connectivity index (χ0n) is 15.0. The van der Waals surface area contributed by atoms with Gasteiger partial charge >= 0.3 is 0 Å². The van der Waals surface area contributed by atoms with Gasteiger partial charge in [0.15, 0.2) is 9.84 Å². The first-order chi connectivity index (χ1) is 12.9. The van der Waals surface area contributed by atoms with Crippen molar-refractivity contribution in [2.45, 2.75) is 36.8 Å². The van der Waals surface area contributed by atoms with Crippen LogP contribution in [0.4, 0.5) is 0 Å². The van der Waals surface area contributed by atoms with E-state index in [4.69, 9.17) is 9.15 Å². The Kier molecular flexibility index (Phi) is 6.05. The van der Waals surface area contributed by atoms with Gasteiger partial charge in [-0.2, -0.15) is 0 Å². The first-order valence-corrected chi connectivity index (χ1v) is 11.3. The van der Waals surface area contributed by atoms with Crippen molar-refractivity contribution >= 4 is 27.5 Å². The van der Waals surface area contributed by atoms with Gasteiger partial charge in [0.25, 0.3) is 5.22 Å². The van der Waals surface area contributed by atoms with Crippen LogP contribution < -0.4 is 10.1 Å². The lowest BCUT2D eigenvalue weighted by Crippen LogP contribution is -2.39. The number of carbonyl (C=O) groups excluding carboxylic acids is 1. The normalized spacial score (nSPS) is 19.6. The van der Waals surface area contributed by atoms with E-state index < -0.39 is 15.1 Å². The summed E-state index contributed by atoms with van der Waals surface area (Å²) in [6.07, 6.45) is 0.452. The van der Waals surface area contributed by atoms with Gasteiger partial charge in [-0.05, 0) is 44.5 Å². The van der Waals surface area contributed by atoms with Crippen LogP contribution in [-0.2, 0) is 14.6 Å². The van der Waals surface area contributed by atoms with Gasteiger partial charge in [0, 0.05) is 11.6 Å². The van der Waals surface area contributed by atoms with Crippen molar-refractivity contribution in [1.82, 2.24) is 15.5 Å². The summed E-state index contributed by atoms with van der Waals surface area (Å²) in [7, 11) is -3.03. The molecule has 1 fully saturated rings. The van der Waals surface area contributed by atoms with Crippen molar-refractivity contribution in [1.29, 1.82) is 0 Å². The van der Waals surface area contributed by atoms with Gasteiger partial charge in [0.1, 0.15) is 5.75 Å². The summed E-state index contributed by atoms with van der Waals surface area (Å²) < 4.78 is 34.0. The zero-order chi connectivity index (χ0) is 19.4. The summed E-state index contributed by atoms with van der Waals surface area (Å²) in [6.45, 7) is 4.22. The molecule has 27 heavy (non-hydrogen) atoms. The Morgan fingerprint density at radius 1 is 1.37 bits per heavy atom. The average molecular weight is 412 g/mol. The molecule has 2 atom stereocenters. The topological polar surface area (TPSA) is 111 Å². The third kappa shape index (κ3) is 5.23. The number of hydrogen-bond donors (Lipinski definition) is 1. The maximum Gasteiger partial charge on any atom is 0.277 e. The predicted octanol–water partition coefficient (Wildman–Crippen LogP) is 1.92. The van der Waals surface area contributed by atoms with Crippen molar-refractivity contribution in [3.63, 3.8) is 0 Å². The molecule has 2 heterocycles. The van der Waals surface area contributed by atoms with E-state index in [-0.39, 0.29) is 28.7 Å². The molecular weight excluding hydrogens is 390 g/mol. The van der Waals surface area contributed by atoms with Crippen molar-refractivity contribution in [3.05, 3.63) is 24.3 Å². The van der Waals surface area contributed by atoms with Crippen LogP contribution in [0, 0.1) is 0 Å². The molecular formula is C17H21N3O5S2. The molecule has 2 aromatic rings. The van der Waals surface area contributed by atoms with E-state index in [1.54, 1.807) is 6.92 Å². The summed E-state index contributed by atoms with van der Waals surface area (Å²) in [4.78, 5) is 12.3. The van der Waals surface area contributed by atoms with E-state index in [9.17, 15) is 13.2 Å². The number of hydrogen-bond acceptors (Lipinski definition) is 8. The van der Waals surface area contributed by atoms with E-state index in [2.05, 4.69) is 15.5 Å². The molecule has 0 spiro atoms. The smallest absolute Gasteiger partial charge is 0.277 e. The van der Waals surface area contributed by atoms with E-state index in [0.717, 1.165) is 23.1 Å². The summed E-state index contributed by atoms with van der Waals surface area (Å²) in [5.74, 6) is 0.986. The SMILES string of the molecule is CCOc1ccc(-c2nnc(S[C@@H](C)C(=O)N[C@@H]3CCS(=O)(=O)C3)o2)cc1. The number of aromatic nitrogens is 2. The van der Waals surface area contributed by atoms with Crippen molar-refractivity contribution in [2.75, 3.05) is 18.1 Å². The van der Waals surface area contributed by atoms with Gasteiger partial charge in [0.2, 0.25) is 11.8 Å². The maximum atomic E-state index is 12.3. The van der Waals surface area contributed by atoms with Gasteiger partial charge in [0.05, 0.1) is 23.4 Å².